The van der Waals surface area contributed by atoms with E-state index in [2.05, 4.69) is 51.2 Å². The van der Waals surface area contributed by atoms with Gasteiger partial charge in [0.1, 0.15) is 11.6 Å². The Hall–Kier alpha value is -1.59. The number of aliphatic imine (C=N–C) groups is 1. The maximum absolute atomic E-state index is 4.59. The fraction of sp³-hybridized carbons (Fsp3) is 0.812. The third-order valence-electron chi connectivity index (χ3n) is 3.79. The maximum atomic E-state index is 4.59. The van der Waals surface area contributed by atoms with Crippen molar-refractivity contribution in [2.45, 2.75) is 59.4 Å². The van der Waals surface area contributed by atoms with Crippen molar-refractivity contribution in [2.24, 2.45) is 10.9 Å². The number of hydrogen-bond acceptors (Lipinski definition) is 3. The molecule has 0 atom stereocenters. The van der Waals surface area contributed by atoms with Crippen molar-refractivity contribution in [3.63, 3.8) is 0 Å². The number of nitrogens with zero attached hydrogens (tertiary/aromatic N) is 4. The number of fused-ring (bicyclic) bond motifs is 1. The zero-order chi connectivity index (χ0) is 15.8. The van der Waals surface area contributed by atoms with Crippen LogP contribution in [-0.4, -0.2) is 40.4 Å². The van der Waals surface area contributed by atoms with Crippen LogP contribution in [-0.2, 0) is 19.4 Å². The summed E-state index contributed by atoms with van der Waals surface area (Å²) in [5.41, 5.74) is 0. The molecule has 0 aromatic carbocycles. The molecule has 0 fully saturated rings. The van der Waals surface area contributed by atoms with Crippen molar-refractivity contribution in [3.8, 4) is 0 Å². The zero-order valence-electron chi connectivity index (χ0n) is 14.2. The van der Waals surface area contributed by atoms with Crippen molar-refractivity contribution >= 4 is 5.96 Å². The first-order valence-corrected chi connectivity index (χ1v) is 8.63. The van der Waals surface area contributed by atoms with Crippen LogP contribution in [0.3, 0.4) is 0 Å². The van der Waals surface area contributed by atoms with Crippen LogP contribution in [0.4, 0.5) is 0 Å². The summed E-state index contributed by atoms with van der Waals surface area (Å²) in [6, 6.07) is 0. The number of nitrogens with one attached hydrogen (secondary N) is 2. The maximum Gasteiger partial charge on any atom is 0.191 e. The topological polar surface area (TPSA) is 67.1 Å². The van der Waals surface area contributed by atoms with E-state index in [4.69, 9.17) is 0 Å². The van der Waals surface area contributed by atoms with Gasteiger partial charge in [0, 0.05) is 39.0 Å². The molecule has 6 nitrogen and oxygen atoms in total. The number of aromatic nitrogens is 3. The second kappa shape index (κ2) is 8.76. The molecular formula is C16H30N6. The minimum absolute atomic E-state index is 0.572. The number of rotatable bonds is 6. The van der Waals surface area contributed by atoms with Gasteiger partial charge in [-0.15, -0.1) is 10.2 Å². The predicted octanol–water partition coefficient (Wildman–Crippen LogP) is 1.76. The van der Waals surface area contributed by atoms with Crippen LogP contribution >= 0.6 is 0 Å². The lowest BCUT2D eigenvalue weighted by molar-refractivity contribution is 0.599. The average Bonchev–Trinajstić information content (AvgIpc) is 2.72. The Morgan fingerprint density at radius 3 is 2.86 bits per heavy atom. The lowest BCUT2D eigenvalue weighted by Crippen LogP contribution is -2.38. The van der Waals surface area contributed by atoms with Gasteiger partial charge in [-0.3, -0.25) is 4.99 Å². The molecule has 0 unspecified atom stereocenters. The summed E-state index contributed by atoms with van der Waals surface area (Å²) in [5.74, 6) is 3.73. The van der Waals surface area contributed by atoms with Gasteiger partial charge in [0.15, 0.2) is 5.96 Å². The largest absolute Gasteiger partial charge is 0.357 e. The number of hydrogen-bond donors (Lipinski definition) is 2. The van der Waals surface area contributed by atoms with Crippen molar-refractivity contribution in [2.75, 3.05) is 19.6 Å². The molecule has 22 heavy (non-hydrogen) atoms. The van der Waals surface area contributed by atoms with Gasteiger partial charge in [-0.25, -0.2) is 0 Å². The molecule has 1 aromatic heterocycles. The smallest absolute Gasteiger partial charge is 0.191 e. The van der Waals surface area contributed by atoms with Crippen LogP contribution in [0, 0.1) is 5.92 Å². The number of aryl methyl sites for hydroxylation is 1. The summed E-state index contributed by atoms with van der Waals surface area (Å²) in [6.45, 7) is 10.1. The molecule has 1 aromatic rings. The summed E-state index contributed by atoms with van der Waals surface area (Å²) >= 11 is 0. The molecule has 6 heteroatoms. The molecule has 0 spiro atoms. The highest BCUT2D eigenvalue weighted by atomic mass is 15.3. The molecule has 2 N–H and O–H groups in total. The molecule has 0 saturated heterocycles. The third kappa shape index (κ3) is 5.00. The standard InChI is InChI=1S/C16H30N6/c1-4-17-16(19-12-13(2)3)18-10-9-15-21-20-14-8-6-5-7-11-22(14)15/h13H,4-12H2,1-3H3,(H2,17,18,19). The fourth-order valence-electron chi connectivity index (χ4n) is 2.64. The minimum atomic E-state index is 0.572. The van der Waals surface area contributed by atoms with Gasteiger partial charge in [-0.05, 0) is 25.7 Å². The normalized spacial score (nSPS) is 15.5. The van der Waals surface area contributed by atoms with Crippen LogP contribution in [0.5, 0.6) is 0 Å². The van der Waals surface area contributed by atoms with E-state index < -0.39 is 0 Å². The van der Waals surface area contributed by atoms with Gasteiger partial charge in [-0.2, -0.15) is 0 Å². The average molecular weight is 306 g/mol. The van der Waals surface area contributed by atoms with Crippen LogP contribution in [0.1, 0.15) is 51.7 Å². The molecule has 0 aliphatic carbocycles. The van der Waals surface area contributed by atoms with E-state index in [-0.39, 0.29) is 0 Å². The van der Waals surface area contributed by atoms with Crippen molar-refractivity contribution < 1.29 is 0 Å². The molecule has 1 aliphatic heterocycles. The summed E-state index contributed by atoms with van der Waals surface area (Å²) < 4.78 is 2.31. The highest BCUT2D eigenvalue weighted by Crippen LogP contribution is 2.14. The van der Waals surface area contributed by atoms with Gasteiger partial charge in [0.05, 0.1) is 0 Å². The van der Waals surface area contributed by atoms with E-state index in [9.17, 15) is 0 Å². The summed E-state index contributed by atoms with van der Waals surface area (Å²) in [6.07, 6.45) is 5.73. The first kappa shape index (κ1) is 16.8. The van der Waals surface area contributed by atoms with Gasteiger partial charge in [0.25, 0.3) is 0 Å². The second-order valence-corrected chi connectivity index (χ2v) is 6.29. The molecule has 2 heterocycles. The van der Waals surface area contributed by atoms with Gasteiger partial charge in [0.2, 0.25) is 0 Å². The molecule has 0 saturated carbocycles. The summed E-state index contributed by atoms with van der Waals surface area (Å²) in [4.78, 5) is 4.59. The first-order chi connectivity index (χ1) is 10.7. The van der Waals surface area contributed by atoms with E-state index in [0.717, 1.165) is 56.6 Å². The Kier molecular flexibility index (Phi) is 6.68. The summed E-state index contributed by atoms with van der Waals surface area (Å²) in [5, 5.41) is 15.4. The molecule has 2 rings (SSSR count). The molecular weight excluding hydrogens is 276 g/mol. The Morgan fingerprint density at radius 2 is 2.09 bits per heavy atom. The highest BCUT2D eigenvalue weighted by molar-refractivity contribution is 5.79. The third-order valence-corrected chi connectivity index (χ3v) is 3.79. The monoisotopic (exact) mass is 306 g/mol. The Balaban J connectivity index is 1.87. The van der Waals surface area contributed by atoms with Crippen molar-refractivity contribution in [1.82, 2.24) is 25.4 Å². The molecule has 0 bridgehead atoms. The SMILES string of the molecule is CCNC(=NCC(C)C)NCCc1nnc2n1CCCCC2. The molecule has 0 radical (unpaired) electrons. The quantitative estimate of drug-likeness (QED) is 0.621. The van der Waals surface area contributed by atoms with Crippen LogP contribution in [0.25, 0.3) is 0 Å². The first-order valence-electron chi connectivity index (χ1n) is 8.63. The Morgan fingerprint density at radius 1 is 1.23 bits per heavy atom. The van der Waals surface area contributed by atoms with Crippen LogP contribution < -0.4 is 10.6 Å². The van der Waals surface area contributed by atoms with Gasteiger partial charge >= 0.3 is 0 Å². The Bertz CT molecular complexity index is 477. The minimum Gasteiger partial charge on any atom is -0.357 e. The highest BCUT2D eigenvalue weighted by Gasteiger charge is 2.14. The lowest BCUT2D eigenvalue weighted by Gasteiger charge is -2.12. The van der Waals surface area contributed by atoms with Crippen molar-refractivity contribution in [3.05, 3.63) is 11.6 Å². The summed E-state index contributed by atoms with van der Waals surface area (Å²) in [7, 11) is 0. The van der Waals surface area contributed by atoms with Gasteiger partial charge in [-0.1, -0.05) is 20.3 Å². The van der Waals surface area contributed by atoms with Crippen LogP contribution in [0.2, 0.25) is 0 Å². The van der Waals surface area contributed by atoms with E-state index in [1.165, 1.54) is 19.3 Å². The fourth-order valence-corrected chi connectivity index (χ4v) is 2.64. The Labute approximate surface area is 133 Å². The second-order valence-electron chi connectivity index (χ2n) is 6.29. The van der Waals surface area contributed by atoms with Crippen LogP contribution in [0.15, 0.2) is 4.99 Å². The number of guanidine groups is 1. The van der Waals surface area contributed by atoms with E-state index in [0.29, 0.717) is 5.92 Å². The van der Waals surface area contributed by atoms with Crippen molar-refractivity contribution in [1.29, 1.82) is 0 Å². The molecule has 1 aliphatic rings. The van der Waals surface area contributed by atoms with E-state index >= 15 is 0 Å². The van der Waals surface area contributed by atoms with E-state index in [1.807, 2.05) is 0 Å². The molecule has 0 amide bonds. The molecule has 124 valence electrons. The van der Waals surface area contributed by atoms with E-state index in [1.54, 1.807) is 0 Å². The van der Waals surface area contributed by atoms with Gasteiger partial charge < -0.3 is 15.2 Å². The zero-order valence-corrected chi connectivity index (χ0v) is 14.2. The lowest BCUT2D eigenvalue weighted by atomic mass is 10.2. The predicted molar refractivity (Wildman–Crippen MR) is 90.1 cm³/mol.